The van der Waals surface area contributed by atoms with Crippen LogP contribution in [-0.2, 0) is 9.16 Å². The molecule has 0 aromatic rings. The number of hydrogen-bond donors (Lipinski definition) is 3. The minimum Gasteiger partial charge on any atom is -0.414 e. The first-order chi connectivity index (χ1) is 29.8. The molecule has 22 atom stereocenters. The zero-order valence-electron chi connectivity index (χ0n) is 44.7. The van der Waals surface area contributed by atoms with Gasteiger partial charge in [-0.1, -0.05) is 75.7 Å². The van der Waals surface area contributed by atoms with Crippen LogP contribution in [-0.4, -0.2) is 61.3 Å². The lowest BCUT2D eigenvalue weighted by Crippen LogP contribution is -2.60. The predicted molar refractivity (Wildman–Crippen MR) is 269 cm³/mol. The third kappa shape index (κ3) is 9.49. The molecule has 64 heavy (non-hydrogen) atoms. The Balaban J connectivity index is 0.000000195. The first-order valence-corrected chi connectivity index (χ1v) is 31.0. The lowest BCUT2D eigenvalue weighted by atomic mass is 9.43. The molecule has 0 aromatic carbocycles. The Kier molecular flexibility index (Phi) is 15.7. The van der Waals surface area contributed by atoms with E-state index in [2.05, 4.69) is 89.3 Å². The molecule has 6 heteroatoms. The Morgan fingerprint density at radius 2 is 1.06 bits per heavy atom. The summed E-state index contributed by atoms with van der Waals surface area (Å²) in [4.78, 5) is 0. The molecule has 0 radical (unpaired) electrons. The minimum atomic E-state index is -1.81. The fraction of sp³-hybridized carbons (Fsp3) is 1.00. The number of hydrogen-bond acceptors (Lipinski definition) is 5. The number of rotatable bonds is 11. The maximum atomic E-state index is 11.2. The average Bonchev–Trinajstić information content (AvgIpc) is 3.77. The van der Waals surface area contributed by atoms with Gasteiger partial charge in [-0.2, -0.15) is 0 Å². The molecule has 8 fully saturated rings. The van der Waals surface area contributed by atoms with Gasteiger partial charge in [0.15, 0.2) is 8.32 Å². The van der Waals surface area contributed by atoms with Gasteiger partial charge in [0.25, 0.3) is 0 Å². The van der Waals surface area contributed by atoms with Crippen LogP contribution < -0.4 is 0 Å². The van der Waals surface area contributed by atoms with E-state index in [1.165, 1.54) is 96.3 Å². The van der Waals surface area contributed by atoms with E-state index in [4.69, 9.17) is 9.16 Å². The Morgan fingerprint density at radius 1 is 0.578 bits per heavy atom. The molecule has 8 aliphatic rings. The molecule has 0 spiro atoms. The second-order valence-electron chi connectivity index (χ2n) is 28.2. The van der Waals surface area contributed by atoms with Crippen molar-refractivity contribution in [1.29, 1.82) is 0 Å². The van der Waals surface area contributed by atoms with Crippen molar-refractivity contribution >= 4 is 8.32 Å². The van der Waals surface area contributed by atoms with Crippen LogP contribution in [0.3, 0.4) is 0 Å². The van der Waals surface area contributed by atoms with Crippen molar-refractivity contribution in [2.75, 3.05) is 7.11 Å². The monoisotopic (exact) mass is 911 g/mol. The summed E-state index contributed by atoms with van der Waals surface area (Å²) in [5.41, 5.74) is 1.65. The molecule has 372 valence electrons. The highest BCUT2D eigenvalue weighted by atomic mass is 28.4. The van der Waals surface area contributed by atoms with Gasteiger partial charge in [0.05, 0.1) is 24.4 Å². The van der Waals surface area contributed by atoms with Crippen molar-refractivity contribution < 1.29 is 24.5 Å². The van der Waals surface area contributed by atoms with E-state index in [0.717, 1.165) is 97.2 Å². The van der Waals surface area contributed by atoms with Crippen molar-refractivity contribution in [2.45, 2.75) is 260 Å². The maximum Gasteiger partial charge on any atom is 0.192 e. The SMILES string of the molecule is CC(O)CCC(C)C1CCC2C3C[C@H](O[Si](C)(C)C(C)(C)C)[C@@H]4C[C@H](C)CC[C@]4(C)C3CC[C@]12C.COC(C)CCC(C)C1CCC2C3C[C@H](O)[C@@H]4C[C@H](O)CC[C@]4(C)C3CC[C@]12C. The number of fused-ring (bicyclic) bond motifs is 10. The lowest BCUT2D eigenvalue weighted by Gasteiger charge is -2.64. The van der Waals surface area contributed by atoms with E-state index < -0.39 is 8.32 Å². The van der Waals surface area contributed by atoms with E-state index in [1.54, 1.807) is 0 Å². The molecule has 0 aromatic heterocycles. The quantitative estimate of drug-likeness (QED) is 0.180. The lowest BCUT2D eigenvalue weighted by molar-refractivity contribution is -0.172. The summed E-state index contributed by atoms with van der Waals surface area (Å²) in [5.74, 6) is 9.95. The van der Waals surface area contributed by atoms with Gasteiger partial charge in [0.2, 0.25) is 0 Å². The van der Waals surface area contributed by atoms with Crippen molar-refractivity contribution in [2.24, 2.45) is 98.6 Å². The largest absolute Gasteiger partial charge is 0.414 e. The summed E-state index contributed by atoms with van der Waals surface area (Å²) in [6.45, 7) is 34.3. The normalized spacial score (nSPS) is 48.5. The van der Waals surface area contributed by atoms with E-state index in [0.29, 0.717) is 40.3 Å². The summed E-state index contributed by atoms with van der Waals surface area (Å²) >= 11 is 0. The molecular weight excluding hydrogens is 805 g/mol. The summed E-state index contributed by atoms with van der Waals surface area (Å²) in [5, 5.41) is 31.6. The number of ether oxygens (including phenoxy) is 1. The molecule has 5 nitrogen and oxygen atoms in total. The van der Waals surface area contributed by atoms with Crippen LogP contribution >= 0.6 is 0 Å². The maximum absolute atomic E-state index is 11.2. The Labute approximate surface area is 397 Å². The van der Waals surface area contributed by atoms with Crippen LogP contribution in [0.2, 0.25) is 18.1 Å². The third-order valence-corrected chi connectivity index (χ3v) is 28.3. The molecule has 0 amide bonds. The second kappa shape index (κ2) is 19.3. The second-order valence-corrected chi connectivity index (χ2v) is 33.0. The fourth-order valence-corrected chi connectivity index (χ4v) is 20.3. The molecule has 12 unspecified atom stereocenters. The van der Waals surface area contributed by atoms with Crippen LogP contribution in [0, 0.1) is 98.6 Å². The predicted octanol–water partition coefficient (Wildman–Crippen LogP) is 14.5. The average molecular weight is 912 g/mol. The highest BCUT2D eigenvalue weighted by molar-refractivity contribution is 6.74. The van der Waals surface area contributed by atoms with Crippen molar-refractivity contribution in [3.8, 4) is 0 Å². The molecule has 8 aliphatic carbocycles. The first kappa shape index (κ1) is 51.9. The van der Waals surface area contributed by atoms with Crippen molar-refractivity contribution in [3.63, 3.8) is 0 Å². The summed E-state index contributed by atoms with van der Waals surface area (Å²) in [6.07, 6.45) is 25.5. The summed E-state index contributed by atoms with van der Waals surface area (Å²) in [7, 11) is 0.0204. The zero-order chi connectivity index (χ0) is 46.9. The molecule has 0 bridgehead atoms. The minimum absolute atomic E-state index is 0.157. The van der Waals surface area contributed by atoms with Gasteiger partial charge < -0.3 is 24.5 Å². The van der Waals surface area contributed by atoms with Crippen molar-refractivity contribution in [3.05, 3.63) is 0 Å². The zero-order valence-corrected chi connectivity index (χ0v) is 45.7. The van der Waals surface area contributed by atoms with Gasteiger partial charge in [-0.05, 0) is 253 Å². The van der Waals surface area contributed by atoms with Gasteiger partial charge in [-0.15, -0.1) is 0 Å². The van der Waals surface area contributed by atoms with Gasteiger partial charge in [-0.3, -0.25) is 0 Å². The number of methoxy groups -OCH3 is 1. The molecule has 0 heterocycles. The van der Waals surface area contributed by atoms with Crippen LogP contribution in [0.1, 0.15) is 212 Å². The highest BCUT2D eigenvalue weighted by Gasteiger charge is 2.65. The molecule has 8 rings (SSSR count). The van der Waals surface area contributed by atoms with E-state index in [9.17, 15) is 15.3 Å². The number of aliphatic hydroxyl groups is 3. The number of aliphatic hydroxyl groups excluding tert-OH is 3. The summed E-state index contributed by atoms with van der Waals surface area (Å²) < 4.78 is 12.9. The van der Waals surface area contributed by atoms with Gasteiger partial charge in [-0.25, -0.2) is 0 Å². The third-order valence-electron chi connectivity index (χ3n) is 23.8. The van der Waals surface area contributed by atoms with Crippen LogP contribution in [0.4, 0.5) is 0 Å². The van der Waals surface area contributed by atoms with Crippen LogP contribution in [0.5, 0.6) is 0 Å². The van der Waals surface area contributed by atoms with Crippen LogP contribution in [0.25, 0.3) is 0 Å². The van der Waals surface area contributed by atoms with E-state index in [-0.39, 0.29) is 28.8 Å². The topological polar surface area (TPSA) is 79.2 Å². The highest BCUT2D eigenvalue weighted by Crippen LogP contribution is 2.71. The van der Waals surface area contributed by atoms with Gasteiger partial charge in [0.1, 0.15) is 0 Å². The van der Waals surface area contributed by atoms with Crippen molar-refractivity contribution in [1.82, 2.24) is 0 Å². The standard InChI is InChI=1S/C32H60O2Si.C26H46O3/c1-21-15-17-32(8)27-16-18-31(7)25(22(2)11-12-23(3)33)13-14-26(31)24(27)20-29(28(32)19-21)34-35(9,10)30(4,5)6;1-16(6-7-17(2)29-5)20-8-9-21-19-15-24(28)23-14-18(27)10-12-26(23,4)22(19)11-13-25(20,21)3/h21-29,33H,11-20H2,1-10H3;16-24,27-28H,6-15H2,1-5H3/t21-,22?,23?,24?,25?,26?,27?,28+,29+,31-,32-;16?,17?,18-,19?,20?,21?,22?,23+,24+,25-,26-/m11/s1. The Bertz CT molecular complexity index is 1540. The van der Waals surface area contributed by atoms with Gasteiger partial charge >= 0.3 is 0 Å². The molecular formula is C58H106O5Si. The first-order valence-electron chi connectivity index (χ1n) is 28.1. The molecule has 0 aliphatic heterocycles. The molecule has 0 saturated heterocycles. The fourth-order valence-electron chi connectivity index (χ4n) is 18.9. The smallest absolute Gasteiger partial charge is 0.192 e. The Hall–Kier alpha value is 0.0169. The summed E-state index contributed by atoms with van der Waals surface area (Å²) in [6, 6.07) is 0. The van der Waals surface area contributed by atoms with E-state index in [1.807, 2.05) is 14.0 Å². The van der Waals surface area contributed by atoms with Crippen LogP contribution in [0.15, 0.2) is 0 Å². The Morgan fingerprint density at radius 3 is 1.59 bits per heavy atom. The molecule has 8 saturated carbocycles. The van der Waals surface area contributed by atoms with E-state index >= 15 is 0 Å². The van der Waals surface area contributed by atoms with Gasteiger partial charge in [0, 0.05) is 13.2 Å². The molecule has 3 N–H and O–H groups in total.